The second kappa shape index (κ2) is 11.5. The summed E-state index contributed by atoms with van der Waals surface area (Å²) in [6.07, 6.45) is 2.77. The van der Waals surface area contributed by atoms with Gasteiger partial charge >= 0.3 is 0 Å². The van der Waals surface area contributed by atoms with Crippen molar-refractivity contribution in [3.63, 3.8) is 0 Å². The predicted molar refractivity (Wildman–Crippen MR) is 133 cm³/mol. The summed E-state index contributed by atoms with van der Waals surface area (Å²) in [4.78, 5) is 29.7. The first-order chi connectivity index (χ1) is 17.2. The first kappa shape index (κ1) is 25.7. The zero-order valence-electron chi connectivity index (χ0n) is 20.1. The molecule has 2 amide bonds. The molecule has 186 valence electrons. The number of ether oxygens (including phenoxy) is 2. The Balaban J connectivity index is 1.71. The van der Waals surface area contributed by atoms with Crippen LogP contribution >= 0.6 is 0 Å². The van der Waals surface area contributed by atoms with Gasteiger partial charge in [0.15, 0.2) is 23.0 Å². The summed E-state index contributed by atoms with van der Waals surface area (Å²) < 4.78 is 10.1. The van der Waals surface area contributed by atoms with Crippen molar-refractivity contribution in [1.82, 2.24) is 15.8 Å². The van der Waals surface area contributed by atoms with Gasteiger partial charge in [0.2, 0.25) is 0 Å². The number of phenolic OH excluding ortho intramolecular Hbond substituents is 2. The van der Waals surface area contributed by atoms with Crippen molar-refractivity contribution in [3.8, 4) is 23.0 Å². The highest BCUT2D eigenvalue weighted by atomic mass is 16.5. The fourth-order valence-electron chi connectivity index (χ4n) is 3.19. The Bertz CT molecular complexity index is 1250. The zero-order valence-corrected chi connectivity index (χ0v) is 20.1. The number of aryl methyl sites for hydroxylation is 2. The topological polar surface area (TPSA) is 155 Å². The molecule has 0 bridgehead atoms. The monoisotopic (exact) mass is 491 g/mol. The van der Waals surface area contributed by atoms with E-state index in [0.29, 0.717) is 22.5 Å². The van der Waals surface area contributed by atoms with Gasteiger partial charge in [0, 0.05) is 0 Å². The SMILES string of the molecule is COc1cc(/C=N\NC(=O)c2cc(C(=O)N/N=C\c3ccc(O)c(OC)c3)c(C)nc2C)ccc1O. The quantitative estimate of drug-likeness (QED) is 0.279. The van der Waals surface area contributed by atoms with Crippen molar-refractivity contribution < 1.29 is 29.3 Å². The highest BCUT2D eigenvalue weighted by Gasteiger charge is 2.17. The van der Waals surface area contributed by atoms with E-state index in [1.54, 1.807) is 38.1 Å². The van der Waals surface area contributed by atoms with E-state index in [1.165, 1.54) is 44.8 Å². The maximum absolute atomic E-state index is 12.7. The van der Waals surface area contributed by atoms with Crippen LogP contribution in [0.2, 0.25) is 0 Å². The molecule has 0 saturated carbocycles. The molecule has 1 heterocycles. The average molecular weight is 492 g/mol. The van der Waals surface area contributed by atoms with Crippen LogP contribution < -0.4 is 20.3 Å². The zero-order chi connectivity index (χ0) is 26.2. The number of amides is 2. The largest absolute Gasteiger partial charge is 0.504 e. The van der Waals surface area contributed by atoms with Crippen LogP contribution in [0, 0.1) is 13.8 Å². The lowest BCUT2D eigenvalue weighted by Crippen LogP contribution is -2.23. The number of aromatic hydroxyl groups is 2. The normalized spacial score (nSPS) is 11.0. The van der Waals surface area contributed by atoms with Crippen molar-refractivity contribution >= 4 is 24.2 Å². The summed E-state index contributed by atoms with van der Waals surface area (Å²) in [7, 11) is 2.85. The van der Waals surface area contributed by atoms with Crippen molar-refractivity contribution in [3.05, 3.63) is 76.1 Å². The number of hydrogen-bond donors (Lipinski definition) is 4. The maximum Gasteiger partial charge on any atom is 0.273 e. The third-order valence-corrected chi connectivity index (χ3v) is 5.06. The molecule has 0 atom stereocenters. The summed E-state index contributed by atoms with van der Waals surface area (Å²) >= 11 is 0. The Morgan fingerprint density at radius 2 is 1.19 bits per heavy atom. The molecule has 0 radical (unpaired) electrons. The average Bonchev–Trinajstić information content (AvgIpc) is 2.85. The predicted octanol–water partition coefficient (Wildman–Crippen LogP) is 2.65. The third-order valence-electron chi connectivity index (χ3n) is 5.06. The first-order valence-corrected chi connectivity index (χ1v) is 10.6. The van der Waals surface area contributed by atoms with Crippen LogP contribution in [0.15, 0.2) is 52.7 Å². The van der Waals surface area contributed by atoms with Crippen molar-refractivity contribution in [2.45, 2.75) is 13.8 Å². The van der Waals surface area contributed by atoms with Gasteiger partial charge < -0.3 is 19.7 Å². The van der Waals surface area contributed by atoms with Crippen LogP contribution in [-0.2, 0) is 0 Å². The van der Waals surface area contributed by atoms with Gasteiger partial charge in [-0.3, -0.25) is 14.6 Å². The summed E-state index contributed by atoms with van der Waals surface area (Å²) in [6, 6.07) is 10.6. The Hall–Kier alpha value is -4.93. The number of carbonyl (C=O) groups is 2. The van der Waals surface area contributed by atoms with Crippen LogP contribution in [0.4, 0.5) is 0 Å². The van der Waals surface area contributed by atoms with Gasteiger partial charge in [-0.1, -0.05) is 0 Å². The van der Waals surface area contributed by atoms with E-state index in [9.17, 15) is 19.8 Å². The number of benzene rings is 2. The number of phenols is 2. The van der Waals surface area contributed by atoms with Crippen molar-refractivity contribution in [2.24, 2.45) is 10.2 Å². The van der Waals surface area contributed by atoms with Crippen LogP contribution in [0.25, 0.3) is 0 Å². The van der Waals surface area contributed by atoms with Crippen LogP contribution in [-0.4, -0.2) is 53.7 Å². The second-order valence-electron chi connectivity index (χ2n) is 7.52. The van der Waals surface area contributed by atoms with E-state index in [4.69, 9.17) is 9.47 Å². The highest BCUT2D eigenvalue weighted by Crippen LogP contribution is 2.26. The molecule has 36 heavy (non-hydrogen) atoms. The molecule has 11 nitrogen and oxygen atoms in total. The number of nitrogens with one attached hydrogen (secondary N) is 2. The van der Waals surface area contributed by atoms with E-state index >= 15 is 0 Å². The van der Waals surface area contributed by atoms with E-state index in [1.807, 2.05) is 0 Å². The maximum atomic E-state index is 12.7. The minimum atomic E-state index is -0.560. The molecule has 1 aromatic heterocycles. The Labute approximate surface area is 207 Å². The third kappa shape index (κ3) is 6.14. The molecule has 0 aliphatic carbocycles. The molecule has 3 aromatic rings. The number of nitrogens with zero attached hydrogens (tertiary/aromatic N) is 3. The fraction of sp³-hybridized carbons (Fsp3) is 0.160. The number of pyridine rings is 1. The fourth-order valence-corrected chi connectivity index (χ4v) is 3.19. The van der Waals surface area contributed by atoms with Gasteiger partial charge in [0.25, 0.3) is 11.8 Å². The standard InChI is InChI=1S/C25H25N5O6/c1-14-18(24(33)29-26-12-16-5-7-20(31)22(9-16)35-3)11-19(15(2)28-14)25(34)30-27-13-17-6-8-21(32)23(10-17)36-4/h5-13,31-32H,1-4H3,(H,29,33)(H,30,34)/b26-12-,27-13-. The molecule has 0 aliphatic rings. The van der Waals surface area contributed by atoms with Crippen LogP contribution in [0.5, 0.6) is 23.0 Å². The number of rotatable bonds is 8. The number of carbonyl (C=O) groups excluding carboxylic acids is 2. The number of methoxy groups -OCH3 is 2. The van der Waals surface area contributed by atoms with Gasteiger partial charge in [0.1, 0.15) is 0 Å². The molecular formula is C25H25N5O6. The molecule has 0 spiro atoms. The van der Waals surface area contributed by atoms with Crippen molar-refractivity contribution in [2.75, 3.05) is 14.2 Å². The molecule has 11 heteroatoms. The van der Waals surface area contributed by atoms with Gasteiger partial charge in [-0.05, 0) is 67.4 Å². The molecule has 0 fully saturated rings. The lowest BCUT2D eigenvalue weighted by atomic mass is 10.1. The van der Waals surface area contributed by atoms with E-state index in [0.717, 1.165) is 0 Å². The summed E-state index contributed by atoms with van der Waals surface area (Å²) in [5.74, 6) is -0.610. The van der Waals surface area contributed by atoms with E-state index in [2.05, 4.69) is 26.0 Å². The minimum Gasteiger partial charge on any atom is -0.504 e. The molecule has 0 saturated heterocycles. The smallest absolute Gasteiger partial charge is 0.273 e. The van der Waals surface area contributed by atoms with Crippen molar-refractivity contribution in [1.29, 1.82) is 0 Å². The molecule has 3 rings (SSSR count). The molecular weight excluding hydrogens is 466 g/mol. The van der Waals surface area contributed by atoms with Gasteiger partial charge in [-0.2, -0.15) is 10.2 Å². The first-order valence-electron chi connectivity index (χ1n) is 10.6. The molecule has 0 aliphatic heterocycles. The minimum absolute atomic E-state index is 0.0158. The van der Waals surface area contributed by atoms with E-state index in [-0.39, 0.29) is 34.1 Å². The second-order valence-corrected chi connectivity index (χ2v) is 7.52. The highest BCUT2D eigenvalue weighted by molar-refractivity contribution is 6.01. The lowest BCUT2D eigenvalue weighted by molar-refractivity contribution is 0.0954. The van der Waals surface area contributed by atoms with Gasteiger partial charge in [-0.15, -0.1) is 0 Å². The summed E-state index contributed by atoms with van der Waals surface area (Å²) in [5.41, 5.74) is 7.15. The number of hydrogen-bond acceptors (Lipinski definition) is 9. The van der Waals surface area contributed by atoms with Gasteiger partial charge in [0.05, 0.1) is 49.2 Å². The van der Waals surface area contributed by atoms with Crippen LogP contribution in [0.1, 0.15) is 43.2 Å². The molecule has 0 unspecified atom stereocenters. The van der Waals surface area contributed by atoms with Crippen LogP contribution in [0.3, 0.4) is 0 Å². The molecule has 4 N–H and O–H groups in total. The number of aromatic nitrogens is 1. The Morgan fingerprint density at radius 3 is 1.58 bits per heavy atom. The lowest BCUT2D eigenvalue weighted by Gasteiger charge is -2.09. The summed E-state index contributed by atoms with van der Waals surface area (Å²) in [6.45, 7) is 3.29. The van der Waals surface area contributed by atoms with Gasteiger partial charge in [-0.25, -0.2) is 10.9 Å². The summed E-state index contributed by atoms with van der Waals surface area (Å²) in [5, 5.41) is 27.2. The molecule has 2 aromatic carbocycles. The van der Waals surface area contributed by atoms with E-state index < -0.39 is 11.8 Å². The Kier molecular flexibility index (Phi) is 8.18. The number of hydrazone groups is 2. The Morgan fingerprint density at radius 1 is 0.778 bits per heavy atom.